The quantitative estimate of drug-likeness (QED) is 0.528. The molecule has 0 radical (unpaired) electrons. The molecule has 2 N–H and O–H groups in total. The predicted octanol–water partition coefficient (Wildman–Crippen LogP) is 3.05. The van der Waals surface area contributed by atoms with Crippen LogP contribution in [0.2, 0.25) is 0 Å². The van der Waals surface area contributed by atoms with E-state index >= 15 is 0 Å². The number of benzene rings is 1. The zero-order valence-corrected chi connectivity index (χ0v) is 18.4. The molecule has 30 heavy (non-hydrogen) atoms. The van der Waals surface area contributed by atoms with Crippen LogP contribution in [0.4, 0.5) is 10.5 Å². The molecule has 0 bridgehead atoms. The van der Waals surface area contributed by atoms with E-state index in [2.05, 4.69) is 31.5 Å². The van der Waals surface area contributed by atoms with Crippen molar-refractivity contribution in [3.8, 4) is 0 Å². The molecule has 0 saturated carbocycles. The molecule has 3 aromatic rings. The average molecular weight is 493 g/mol. The lowest BCUT2D eigenvalue weighted by Gasteiger charge is -2.08. The standard InChI is InChI=1S/C19H17BrN4O5S/c1-3-29-18(27)15-10(2)14-16(30-15)21-9-24(17(14)26)8-13(25)23-19(28)22-12-6-4-11(20)5-7-12/h4-7,9H,3,8H2,1-2H3,(H2,22,23,25,28). The minimum atomic E-state index is -0.722. The maximum Gasteiger partial charge on any atom is 0.348 e. The van der Waals surface area contributed by atoms with Crippen molar-refractivity contribution in [2.24, 2.45) is 0 Å². The summed E-state index contributed by atoms with van der Waals surface area (Å²) in [5.74, 6) is -1.21. The highest BCUT2D eigenvalue weighted by atomic mass is 79.9. The van der Waals surface area contributed by atoms with Gasteiger partial charge in [-0.05, 0) is 43.7 Å². The topological polar surface area (TPSA) is 119 Å². The molecule has 0 fully saturated rings. The Morgan fingerprint density at radius 3 is 2.60 bits per heavy atom. The van der Waals surface area contributed by atoms with Gasteiger partial charge in [0.1, 0.15) is 16.3 Å². The van der Waals surface area contributed by atoms with Crippen molar-refractivity contribution >= 4 is 61.1 Å². The Balaban J connectivity index is 1.74. The van der Waals surface area contributed by atoms with Crippen molar-refractivity contribution in [1.29, 1.82) is 0 Å². The summed E-state index contributed by atoms with van der Waals surface area (Å²) in [5, 5.41) is 4.93. The minimum Gasteiger partial charge on any atom is -0.462 e. The molecular formula is C19H17BrN4O5S. The molecule has 3 rings (SSSR count). The number of hydrogen-bond donors (Lipinski definition) is 2. The van der Waals surface area contributed by atoms with E-state index in [1.165, 1.54) is 6.33 Å². The maximum atomic E-state index is 12.8. The number of hydrogen-bond acceptors (Lipinski definition) is 7. The number of ether oxygens (including phenoxy) is 1. The Bertz CT molecular complexity index is 1190. The number of esters is 1. The molecule has 0 spiro atoms. The summed E-state index contributed by atoms with van der Waals surface area (Å²) < 4.78 is 6.93. The van der Waals surface area contributed by atoms with Crippen LogP contribution in [-0.4, -0.2) is 34.1 Å². The van der Waals surface area contributed by atoms with Gasteiger partial charge in [-0.3, -0.25) is 19.5 Å². The Morgan fingerprint density at radius 2 is 1.93 bits per heavy atom. The van der Waals surface area contributed by atoms with Gasteiger partial charge in [0.05, 0.1) is 18.3 Å². The molecule has 2 heterocycles. The van der Waals surface area contributed by atoms with Crippen molar-refractivity contribution in [2.75, 3.05) is 11.9 Å². The third kappa shape index (κ3) is 4.74. The summed E-state index contributed by atoms with van der Waals surface area (Å²) in [4.78, 5) is 53.8. The van der Waals surface area contributed by atoms with E-state index in [-0.39, 0.29) is 12.0 Å². The summed E-state index contributed by atoms with van der Waals surface area (Å²) in [5.41, 5.74) is 0.477. The fourth-order valence-electron chi connectivity index (χ4n) is 2.68. The molecule has 3 amide bonds. The predicted molar refractivity (Wildman–Crippen MR) is 116 cm³/mol. The lowest BCUT2D eigenvalue weighted by Crippen LogP contribution is -2.38. The van der Waals surface area contributed by atoms with Gasteiger partial charge < -0.3 is 10.1 Å². The van der Waals surface area contributed by atoms with Crippen molar-refractivity contribution in [3.63, 3.8) is 0 Å². The largest absolute Gasteiger partial charge is 0.462 e. The van der Waals surface area contributed by atoms with Crippen LogP contribution in [0.25, 0.3) is 10.2 Å². The highest BCUT2D eigenvalue weighted by molar-refractivity contribution is 9.10. The van der Waals surface area contributed by atoms with Crippen molar-refractivity contribution in [3.05, 3.63) is 55.9 Å². The summed E-state index contributed by atoms with van der Waals surface area (Å²) in [7, 11) is 0. The van der Waals surface area contributed by atoms with E-state index in [1.807, 2.05) is 0 Å². The monoisotopic (exact) mass is 492 g/mol. The van der Waals surface area contributed by atoms with E-state index < -0.39 is 30.0 Å². The van der Waals surface area contributed by atoms with Crippen LogP contribution < -0.4 is 16.2 Å². The number of thiophene rings is 1. The summed E-state index contributed by atoms with van der Waals surface area (Å²) in [6.45, 7) is 3.13. The van der Waals surface area contributed by atoms with Gasteiger partial charge in [-0.1, -0.05) is 15.9 Å². The van der Waals surface area contributed by atoms with E-state index in [4.69, 9.17) is 4.74 Å². The van der Waals surface area contributed by atoms with E-state index in [0.717, 1.165) is 20.4 Å². The molecule has 0 atom stereocenters. The molecule has 0 aliphatic heterocycles. The number of anilines is 1. The first-order valence-corrected chi connectivity index (χ1v) is 10.4. The van der Waals surface area contributed by atoms with Crippen LogP contribution in [0.1, 0.15) is 22.2 Å². The summed E-state index contributed by atoms with van der Waals surface area (Å²) in [6.07, 6.45) is 1.21. The number of carbonyl (C=O) groups is 3. The smallest absolute Gasteiger partial charge is 0.348 e. The van der Waals surface area contributed by atoms with Gasteiger partial charge in [-0.25, -0.2) is 14.6 Å². The number of nitrogens with zero attached hydrogens (tertiary/aromatic N) is 2. The normalized spacial score (nSPS) is 10.6. The van der Waals surface area contributed by atoms with Gasteiger partial charge in [0.2, 0.25) is 5.91 Å². The number of carbonyl (C=O) groups excluding carboxylic acids is 3. The van der Waals surface area contributed by atoms with Crippen LogP contribution in [-0.2, 0) is 16.1 Å². The number of imide groups is 1. The van der Waals surface area contributed by atoms with Crippen LogP contribution >= 0.6 is 27.3 Å². The van der Waals surface area contributed by atoms with Crippen LogP contribution in [0, 0.1) is 6.92 Å². The van der Waals surface area contributed by atoms with Gasteiger partial charge in [-0.2, -0.15) is 0 Å². The lowest BCUT2D eigenvalue weighted by molar-refractivity contribution is -0.120. The fraction of sp³-hybridized carbons (Fsp3) is 0.211. The molecule has 156 valence electrons. The first kappa shape index (κ1) is 21.7. The summed E-state index contributed by atoms with van der Waals surface area (Å²) >= 11 is 4.35. The van der Waals surface area contributed by atoms with Crippen LogP contribution in [0.3, 0.4) is 0 Å². The average Bonchev–Trinajstić information content (AvgIpc) is 3.03. The minimum absolute atomic E-state index is 0.215. The molecule has 9 nitrogen and oxygen atoms in total. The zero-order valence-electron chi connectivity index (χ0n) is 16.0. The second kappa shape index (κ2) is 9.18. The number of fused-ring (bicyclic) bond motifs is 1. The second-order valence-electron chi connectivity index (χ2n) is 6.14. The van der Waals surface area contributed by atoms with Crippen molar-refractivity contribution in [1.82, 2.24) is 14.9 Å². The molecule has 0 aliphatic rings. The molecule has 2 aromatic heterocycles. The fourth-order valence-corrected chi connectivity index (χ4v) is 3.98. The zero-order chi connectivity index (χ0) is 21.8. The van der Waals surface area contributed by atoms with Crippen LogP contribution in [0.5, 0.6) is 0 Å². The SMILES string of the molecule is CCOC(=O)c1sc2ncn(CC(=O)NC(=O)Nc3ccc(Br)cc3)c(=O)c2c1C. The van der Waals surface area contributed by atoms with Crippen molar-refractivity contribution < 1.29 is 19.1 Å². The number of rotatable bonds is 5. The highest BCUT2D eigenvalue weighted by Crippen LogP contribution is 2.27. The van der Waals surface area contributed by atoms with Gasteiger partial charge >= 0.3 is 12.0 Å². The van der Waals surface area contributed by atoms with E-state index in [1.54, 1.807) is 38.1 Å². The maximum absolute atomic E-state index is 12.8. The number of nitrogens with one attached hydrogen (secondary N) is 2. The number of aryl methyl sites for hydroxylation is 1. The molecule has 1 aromatic carbocycles. The van der Waals surface area contributed by atoms with Gasteiger partial charge in [0.15, 0.2) is 0 Å². The van der Waals surface area contributed by atoms with Crippen molar-refractivity contribution in [2.45, 2.75) is 20.4 Å². The summed E-state index contributed by atoms with van der Waals surface area (Å²) in [6, 6.07) is 6.09. The first-order valence-electron chi connectivity index (χ1n) is 8.82. The molecular weight excluding hydrogens is 476 g/mol. The Labute approximate surface area is 183 Å². The van der Waals surface area contributed by atoms with Gasteiger partial charge in [0.25, 0.3) is 5.56 Å². The molecule has 0 saturated heterocycles. The third-order valence-electron chi connectivity index (χ3n) is 4.05. The van der Waals surface area contributed by atoms with Crippen LogP contribution in [0.15, 0.2) is 39.9 Å². The Hall–Kier alpha value is -3.05. The molecule has 11 heteroatoms. The Kier molecular flexibility index (Phi) is 6.63. The number of urea groups is 1. The first-order chi connectivity index (χ1) is 14.3. The lowest BCUT2D eigenvalue weighted by atomic mass is 10.2. The van der Waals surface area contributed by atoms with Gasteiger partial charge in [0, 0.05) is 10.2 Å². The highest BCUT2D eigenvalue weighted by Gasteiger charge is 2.21. The van der Waals surface area contributed by atoms with Gasteiger partial charge in [-0.15, -0.1) is 11.3 Å². The number of halogens is 1. The second-order valence-corrected chi connectivity index (χ2v) is 8.06. The number of aromatic nitrogens is 2. The third-order valence-corrected chi connectivity index (χ3v) is 5.76. The Morgan fingerprint density at radius 1 is 1.23 bits per heavy atom. The molecule has 0 unspecified atom stereocenters. The molecule has 0 aliphatic carbocycles. The van der Waals surface area contributed by atoms with E-state index in [0.29, 0.717) is 21.0 Å². The number of amides is 3. The van der Waals surface area contributed by atoms with E-state index in [9.17, 15) is 19.2 Å².